The standard InChI is InChI=1S/C11H15N5O2S/c17-8-4-3-7(5-12-8)13-10(18)15-11-14-9(16-19-11)6-1-2-6/h6-7H,1-5H2,(H,12,17)(H2,13,14,15,16,18). The summed E-state index contributed by atoms with van der Waals surface area (Å²) in [5.41, 5.74) is 0. The monoisotopic (exact) mass is 281 g/mol. The van der Waals surface area contributed by atoms with Gasteiger partial charge in [-0.1, -0.05) is 0 Å². The molecule has 1 aromatic rings. The van der Waals surface area contributed by atoms with Crippen molar-refractivity contribution in [2.75, 3.05) is 11.9 Å². The number of urea groups is 1. The van der Waals surface area contributed by atoms with E-state index in [0.29, 0.717) is 30.4 Å². The summed E-state index contributed by atoms with van der Waals surface area (Å²) in [5.74, 6) is 1.37. The van der Waals surface area contributed by atoms with Crippen molar-refractivity contribution in [2.45, 2.75) is 37.6 Å². The van der Waals surface area contributed by atoms with E-state index in [1.54, 1.807) is 0 Å². The van der Waals surface area contributed by atoms with Crippen LogP contribution in [-0.4, -0.2) is 33.9 Å². The van der Waals surface area contributed by atoms with Crippen LogP contribution in [0, 0.1) is 0 Å². The molecule has 3 rings (SSSR count). The number of nitrogens with zero attached hydrogens (tertiary/aromatic N) is 2. The van der Waals surface area contributed by atoms with Gasteiger partial charge in [-0.3, -0.25) is 10.1 Å². The van der Waals surface area contributed by atoms with E-state index in [1.165, 1.54) is 11.5 Å². The van der Waals surface area contributed by atoms with E-state index in [1.807, 2.05) is 0 Å². The molecular weight excluding hydrogens is 266 g/mol. The Morgan fingerprint density at radius 2 is 2.21 bits per heavy atom. The molecule has 1 aliphatic carbocycles. The third-order valence-electron chi connectivity index (χ3n) is 3.21. The van der Waals surface area contributed by atoms with Gasteiger partial charge in [0.05, 0.1) is 0 Å². The molecule has 1 saturated heterocycles. The molecule has 2 aliphatic rings. The Hall–Kier alpha value is -1.70. The molecular formula is C11H15N5O2S. The lowest BCUT2D eigenvalue weighted by atomic mass is 10.1. The number of amides is 3. The van der Waals surface area contributed by atoms with Crippen LogP contribution in [0.25, 0.3) is 0 Å². The fourth-order valence-corrected chi connectivity index (χ4v) is 2.61. The van der Waals surface area contributed by atoms with Gasteiger partial charge in [0, 0.05) is 36.5 Å². The van der Waals surface area contributed by atoms with E-state index >= 15 is 0 Å². The molecule has 2 fully saturated rings. The SMILES string of the molecule is O=C1CCC(NC(=O)Nc2nc(C3CC3)ns2)CN1. The lowest BCUT2D eigenvalue weighted by Gasteiger charge is -2.23. The van der Waals surface area contributed by atoms with E-state index in [2.05, 4.69) is 25.3 Å². The maximum absolute atomic E-state index is 11.8. The molecule has 1 aliphatic heterocycles. The van der Waals surface area contributed by atoms with Crippen molar-refractivity contribution < 1.29 is 9.59 Å². The number of carbonyl (C=O) groups excluding carboxylic acids is 2. The molecule has 19 heavy (non-hydrogen) atoms. The first-order valence-corrected chi connectivity index (χ1v) is 7.16. The first-order chi connectivity index (χ1) is 9.20. The predicted molar refractivity (Wildman–Crippen MR) is 70.1 cm³/mol. The fourth-order valence-electron chi connectivity index (χ4n) is 1.97. The lowest BCUT2D eigenvalue weighted by Crippen LogP contribution is -2.48. The molecule has 1 saturated carbocycles. The zero-order chi connectivity index (χ0) is 13.2. The van der Waals surface area contributed by atoms with E-state index < -0.39 is 0 Å². The van der Waals surface area contributed by atoms with E-state index in [-0.39, 0.29) is 18.0 Å². The number of hydrogen-bond acceptors (Lipinski definition) is 5. The third kappa shape index (κ3) is 3.19. The summed E-state index contributed by atoms with van der Waals surface area (Å²) < 4.78 is 4.22. The lowest BCUT2D eigenvalue weighted by molar-refractivity contribution is -0.122. The highest BCUT2D eigenvalue weighted by Crippen LogP contribution is 2.39. The Bertz CT molecular complexity index is 489. The number of rotatable bonds is 3. The first-order valence-electron chi connectivity index (χ1n) is 6.38. The molecule has 8 heteroatoms. The highest BCUT2D eigenvalue weighted by atomic mass is 32.1. The van der Waals surface area contributed by atoms with Crippen LogP contribution in [0.2, 0.25) is 0 Å². The highest BCUT2D eigenvalue weighted by molar-refractivity contribution is 7.09. The van der Waals surface area contributed by atoms with Gasteiger partial charge >= 0.3 is 6.03 Å². The summed E-state index contributed by atoms with van der Waals surface area (Å²) in [7, 11) is 0. The minimum atomic E-state index is -0.292. The van der Waals surface area contributed by atoms with Crippen molar-refractivity contribution in [2.24, 2.45) is 0 Å². The Balaban J connectivity index is 1.48. The molecule has 3 amide bonds. The van der Waals surface area contributed by atoms with Crippen LogP contribution in [-0.2, 0) is 4.79 Å². The van der Waals surface area contributed by atoms with Crippen LogP contribution in [0.3, 0.4) is 0 Å². The van der Waals surface area contributed by atoms with Crippen LogP contribution < -0.4 is 16.0 Å². The van der Waals surface area contributed by atoms with Gasteiger partial charge in [0.15, 0.2) is 0 Å². The van der Waals surface area contributed by atoms with Gasteiger partial charge in [0.25, 0.3) is 0 Å². The molecule has 0 radical (unpaired) electrons. The second kappa shape index (κ2) is 5.12. The molecule has 0 bridgehead atoms. The number of aromatic nitrogens is 2. The quantitative estimate of drug-likeness (QED) is 0.764. The van der Waals surface area contributed by atoms with Crippen LogP contribution in [0.15, 0.2) is 0 Å². The van der Waals surface area contributed by atoms with Gasteiger partial charge in [-0.25, -0.2) is 9.78 Å². The summed E-state index contributed by atoms with van der Waals surface area (Å²) in [6.07, 6.45) is 3.41. The molecule has 7 nitrogen and oxygen atoms in total. The maximum Gasteiger partial charge on any atom is 0.321 e. The van der Waals surface area contributed by atoms with Crippen LogP contribution in [0.4, 0.5) is 9.93 Å². The average molecular weight is 281 g/mol. The Kier molecular flexibility index (Phi) is 3.33. The number of hydrogen-bond donors (Lipinski definition) is 3. The van der Waals surface area contributed by atoms with Gasteiger partial charge in [-0.2, -0.15) is 4.37 Å². The molecule has 102 valence electrons. The summed E-state index contributed by atoms with van der Waals surface area (Å²) in [4.78, 5) is 27.0. The fraction of sp³-hybridized carbons (Fsp3) is 0.636. The van der Waals surface area contributed by atoms with Gasteiger partial charge < -0.3 is 10.6 Å². The van der Waals surface area contributed by atoms with Gasteiger partial charge in [0.1, 0.15) is 5.82 Å². The van der Waals surface area contributed by atoms with Crippen molar-refractivity contribution in [3.05, 3.63) is 5.82 Å². The smallest absolute Gasteiger partial charge is 0.321 e. The van der Waals surface area contributed by atoms with Gasteiger partial charge in [0.2, 0.25) is 11.0 Å². The predicted octanol–water partition coefficient (Wildman–Crippen LogP) is 0.816. The van der Waals surface area contributed by atoms with Crippen molar-refractivity contribution in [1.29, 1.82) is 0 Å². The van der Waals surface area contributed by atoms with Gasteiger partial charge in [-0.15, -0.1) is 0 Å². The minimum Gasteiger partial charge on any atom is -0.354 e. The van der Waals surface area contributed by atoms with Crippen molar-refractivity contribution >= 4 is 28.6 Å². The number of nitrogens with one attached hydrogen (secondary N) is 3. The summed E-state index contributed by atoms with van der Waals surface area (Å²) in [6.45, 7) is 0.482. The van der Waals surface area contributed by atoms with E-state index in [0.717, 1.165) is 18.7 Å². The second-order valence-electron chi connectivity index (χ2n) is 4.87. The molecule has 1 atom stereocenters. The number of carbonyl (C=O) groups is 2. The molecule has 3 N–H and O–H groups in total. The zero-order valence-corrected chi connectivity index (χ0v) is 11.1. The van der Waals surface area contributed by atoms with Crippen LogP contribution in [0.5, 0.6) is 0 Å². The molecule has 2 heterocycles. The van der Waals surface area contributed by atoms with Gasteiger partial charge in [-0.05, 0) is 19.3 Å². The van der Waals surface area contributed by atoms with Crippen molar-refractivity contribution in [3.8, 4) is 0 Å². The second-order valence-corrected chi connectivity index (χ2v) is 5.62. The first kappa shape index (κ1) is 12.3. The third-order valence-corrected chi connectivity index (χ3v) is 3.85. The normalized spacial score (nSPS) is 22.7. The zero-order valence-electron chi connectivity index (χ0n) is 10.3. The summed E-state index contributed by atoms with van der Waals surface area (Å²) >= 11 is 1.21. The van der Waals surface area contributed by atoms with Crippen molar-refractivity contribution in [1.82, 2.24) is 20.0 Å². The Morgan fingerprint density at radius 1 is 1.37 bits per heavy atom. The molecule has 1 aromatic heterocycles. The average Bonchev–Trinajstić information content (AvgIpc) is 3.14. The summed E-state index contributed by atoms with van der Waals surface area (Å²) in [6, 6.07) is -0.312. The molecule has 1 unspecified atom stereocenters. The molecule has 0 aromatic carbocycles. The van der Waals surface area contributed by atoms with Crippen LogP contribution in [0.1, 0.15) is 37.4 Å². The Labute approximate surface area is 114 Å². The highest BCUT2D eigenvalue weighted by Gasteiger charge is 2.28. The Morgan fingerprint density at radius 3 is 2.89 bits per heavy atom. The molecule has 0 spiro atoms. The van der Waals surface area contributed by atoms with Crippen molar-refractivity contribution in [3.63, 3.8) is 0 Å². The summed E-state index contributed by atoms with van der Waals surface area (Å²) in [5, 5.41) is 8.75. The maximum atomic E-state index is 11.8. The van der Waals surface area contributed by atoms with Crippen LogP contribution >= 0.6 is 11.5 Å². The number of anilines is 1. The minimum absolute atomic E-state index is 0.0199. The topological polar surface area (TPSA) is 96.0 Å². The number of piperidine rings is 1. The van der Waals surface area contributed by atoms with E-state index in [9.17, 15) is 9.59 Å². The van der Waals surface area contributed by atoms with E-state index in [4.69, 9.17) is 0 Å². The largest absolute Gasteiger partial charge is 0.354 e.